The van der Waals surface area contributed by atoms with Gasteiger partial charge in [-0.2, -0.15) is 4.80 Å². The van der Waals surface area contributed by atoms with Crippen molar-refractivity contribution in [3.8, 4) is 0 Å². The number of nitrogens with one attached hydrogen (secondary N) is 1. The van der Waals surface area contributed by atoms with Crippen LogP contribution in [0.5, 0.6) is 0 Å². The minimum Gasteiger partial charge on any atom is -0.248 e. The van der Waals surface area contributed by atoms with Crippen molar-refractivity contribution in [3.05, 3.63) is 0 Å². The summed E-state index contributed by atoms with van der Waals surface area (Å²) in [5, 5.41) is 9.88. The molecule has 0 fully saturated rings. The summed E-state index contributed by atoms with van der Waals surface area (Å²) in [6, 6.07) is 0. The van der Waals surface area contributed by atoms with Crippen LogP contribution in [0.3, 0.4) is 0 Å². The molecular weight excluding hydrogens is 206 g/mol. The third-order valence-corrected chi connectivity index (χ3v) is 2.54. The lowest BCUT2D eigenvalue weighted by molar-refractivity contribution is 0.605. The number of halogens is 1. The van der Waals surface area contributed by atoms with E-state index in [1.165, 1.54) is 7.05 Å². The highest BCUT2D eigenvalue weighted by atomic mass is 35.5. The van der Waals surface area contributed by atoms with Crippen molar-refractivity contribution in [1.82, 2.24) is 20.2 Å². The molecule has 0 atom stereocenters. The Morgan fingerprint density at radius 2 is 2.33 bits per heavy atom. The first-order chi connectivity index (χ1) is 5.53. The lowest BCUT2D eigenvalue weighted by Gasteiger charge is -1.96. The van der Waals surface area contributed by atoms with Gasteiger partial charge in [0.2, 0.25) is 10.0 Å². The van der Waals surface area contributed by atoms with Crippen molar-refractivity contribution < 1.29 is 8.42 Å². The zero-order valence-corrected chi connectivity index (χ0v) is 7.67. The first kappa shape index (κ1) is 9.20. The van der Waals surface area contributed by atoms with Crippen molar-refractivity contribution in [3.63, 3.8) is 0 Å². The van der Waals surface area contributed by atoms with E-state index in [1.807, 2.05) is 4.72 Å². The molecule has 1 N–H and O–H groups in total. The number of hydrogen-bond acceptors (Lipinski definition) is 5. The van der Waals surface area contributed by atoms with Gasteiger partial charge in [0.1, 0.15) is 5.21 Å². The van der Waals surface area contributed by atoms with E-state index in [4.69, 9.17) is 11.6 Å². The average Bonchev–Trinajstić information content (AvgIpc) is 2.35. The summed E-state index contributed by atoms with van der Waals surface area (Å²) in [6.45, 7) is 0. The van der Waals surface area contributed by atoms with Gasteiger partial charge in [-0.1, -0.05) is 5.10 Å². The summed E-state index contributed by atoms with van der Waals surface area (Å²) in [7, 11) is -2.00. The maximum atomic E-state index is 10.8. The number of tetrazole rings is 1. The Labute approximate surface area is 73.8 Å². The molecule has 1 aromatic heterocycles. The minimum atomic E-state index is -3.52. The third kappa shape index (κ3) is 2.31. The van der Waals surface area contributed by atoms with Crippen LogP contribution in [0.4, 0.5) is 5.95 Å². The van der Waals surface area contributed by atoms with E-state index in [0.717, 1.165) is 4.80 Å². The van der Waals surface area contributed by atoms with E-state index in [0.29, 0.717) is 0 Å². The monoisotopic (exact) mass is 211 g/mol. The Hall–Kier alpha value is -0.890. The molecule has 0 aliphatic heterocycles. The summed E-state index contributed by atoms with van der Waals surface area (Å²) in [6.07, 6.45) is 0. The molecule has 0 aromatic carbocycles. The highest BCUT2D eigenvalue weighted by Gasteiger charge is 2.10. The highest BCUT2D eigenvalue weighted by Crippen LogP contribution is 1.99. The Morgan fingerprint density at radius 1 is 1.67 bits per heavy atom. The number of sulfonamides is 1. The second-order valence-corrected chi connectivity index (χ2v) is 4.23. The quantitative estimate of drug-likeness (QED) is 0.658. The van der Waals surface area contributed by atoms with Gasteiger partial charge in [-0.15, -0.1) is 16.7 Å². The molecule has 0 saturated carbocycles. The fourth-order valence-corrected chi connectivity index (χ4v) is 1.07. The Kier molecular flexibility index (Phi) is 2.48. The Balaban J connectivity index is 2.77. The largest absolute Gasteiger partial charge is 0.276 e. The lowest BCUT2D eigenvalue weighted by atomic mass is 11.1. The number of aromatic nitrogens is 4. The second kappa shape index (κ2) is 3.23. The van der Waals surface area contributed by atoms with Crippen molar-refractivity contribution >= 4 is 27.6 Å². The zero-order chi connectivity index (χ0) is 9.19. The minimum absolute atomic E-state index is 0.0850. The van der Waals surface area contributed by atoms with E-state index in [-0.39, 0.29) is 5.95 Å². The standard InChI is InChI=1S/C3H6ClN5O2S/c1-9-6-3(5-8-9)7-12(10,11)2-4/h2H2,1H3,(H,6,7). The molecule has 9 heteroatoms. The molecule has 1 rings (SSSR count). The van der Waals surface area contributed by atoms with Gasteiger partial charge in [0.25, 0.3) is 5.95 Å². The maximum absolute atomic E-state index is 10.8. The van der Waals surface area contributed by atoms with Crippen molar-refractivity contribution in [1.29, 1.82) is 0 Å². The number of hydrogen-bond donors (Lipinski definition) is 1. The molecule has 0 amide bonds. The topological polar surface area (TPSA) is 89.8 Å². The summed E-state index contributed by atoms with van der Waals surface area (Å²) < 4.78 is 23.7. The molecule has 0 bridgehead atoms. The average molecular weight is 212 g/mol. The smallest absolute Gasteiger partial charge is 0.248 e. The van der Waals surface area contributed by atoms with Crippen LogP contribution in [-0.2, 0) is 17.1 Å². The van der Waals surface area contributed by atoms with Crippen LogP contribution in [0.1, 0.15) is 0 Å². The molecule has 0 radical (unpaired) electrons. The molecule has 0 aliphatic carbocycles. The number of alkyl halides is 1. The van der Waals surface area contributed by atoms with Gasteiger partial charge in [0.05, 0.1) is 7.05 Å². The predicted octanol–water partition coefficient (Wildman–Crippen LogP) is -0.852. The van der Waals surface area contributed by atoms with Gasteiger partial charge in [0, 0.05) is 0 Å². The zero-order valence-electron chi connectivity index (χ0n) is 6.10. The third-order valence-electron chi connectivity index (χ3n) is 0.899. The molecule has 0 saturated heterocycles. The van der Waals surface area contributed by atoms with Gasteiger partial charge < -0.3 is 0 Å². The van der Waals surface area contributed by atoms with Gasteiger partial charge in [-0.05, 0) is 5.21 Å². The molecule has 1 aromatic rings. The molecule has 7 nitrogen and oxygen atoms in total. The molecule has 68 valence electrons. The first-order valence-electron chi connectivity index (χ1n) is 2.84. The van der Waals surface area contributed by atoms with Gasteiger partial charge in [-0.25, -0.2) is 13.1 Å². The van der Waals surface area contributed by atoms with E-state index < -0.39 is 15.2 Å². The lowest BCUT2D eigenvalue weighted by Crippen LogP contribution is -2.14. The molecule has 0 spiro atoms. The van der Waals surface area contributed by atoms with Crippen molar-refractivity contribution in [2.75, 3.05) is 9.93 Å². The summed E-state index contributed by atoms with van der Waals surface area (Å²) in [5.41, 5.74) is 0. The number of nitrogens with zero attached hydrogens (tertiary/aromatic N) is 4. The maximum Gasteiger partial charge on any atom is 0.276 e. The fourth-order valence-electron chi connectivity index (χ4n) is 0.491. The number of anilines is 1. The molecule has 0 unspecified atom stereocenters. The first-order valence-corrected chi connectivity index (χ1v) is 5.02. The summed E-state index contributed by atoms with van der Waals surface area (Å²) in [4.78, 5) is 1.13. The molecule has 1 heterocycles. The second-order valence-electron chi connectivity index (χ2n) is 1.93. The Morgan fingerprint density at radius 3 is 2.75 bits per heavy atom. The summed E-state index contributed by atoms with van der Waals surface area (Å²) >= 11 is 5.12. The van der Waals surface area contributed by atoms with Gasteiger partial charge >= 0.3 is 0 Å². The SMILES string of the molecule is Cn1nnc(NS(=O)(=O)CCl)n1. The van der Waals surface area contributed by atoms with Crippen LogP contribution < -0.4 is 4.72 Å². The molecular formula is C3H6ClN5O2S. The number of rotatable bonds is 3. The van der Waals surface area contributed by atoms with E-state index in [1.54, 1.807) is 0 Å². The molecule has 12 heavy (non-hydrogen) atoms. The fraction of sp³-hybridized carbons (Fsp3) is 0.667. The van der Waals surface area contributed by atoms with E-state index in [2.05, 4.69) is 15.4 Å². The van der Waals surface area contributed by atoms with Crippen LogP contribution in [0, 0.1) is 0 Å². The van der Waals surface area contributed by atoms with Crippen LogP contribution in [0.15, 0.2) is 0 Å². The van der Waals surface area contributed by atoms with Crippen LogP contribution in [-0.4, -0.2) is 33.8 Å². The highest BCUT2D eigenvalue weighted by molar-refractivity contribution is 7.93. The normalized spacial score (nSPS) is 11.5. The molecule has 0 aliphatic rings. The van der Waals surface area contributed by atoms with Gasteiger partial charge in [-0.3, -0.25) is 0 Å². The summed E-state index contributed by atoms with van der Waals surface area (Å²) in [5.74, 6) is -0.0850. The van der Waals surface area contributed by atoms with E-state index >= 15 is 0 Å². The van der Waals surface area contributed by atoms with Crippen molar-refractivity contribution in [2.45, 2.75) is 0 Å². The number of aryl methyl sites for hydroxylation is 1. The van der Waals surface area contributed by atoms with Crippen LogP contribution in [0.25, 0.3) is 0 Å². The Bertz CT molecular complexity index is 359. The van der Waals surface area contributed by atoms with Crippen molar-refractivity contribution in [2.24, 2.45) is 7.05 Å². The van der Waals surface area contributed by atoms with Crippen LogP contribution in [0.2, 0.25) is 0 Å². The van der Waals surface area contributed by atoms with Crippen LogP contribution >= 0.6 is 11.6 Å². The van der Waals surface area contributed by atoms with E-state index in [9.17, 15) is 8.42 Å². The van der Waals surface area contributed by atoms with Gasteiger partial charge in [0.15, 0.2) is 0 Å². The predicted molar refractivity (Wildman–Crippen MR) is 42.1 cm³/mol.